The maximum Gasteiger partial charge on any atom is 0.416 e. The molecule has 2 aromatic carbocycles. The van der Waals surface area contributed by atoms with Gasteiger partial charge in [0.05, 0.1) is 36.9 Å². The first kappa shape index (κ1) is 24.3. The maximum absolute atomic E-state index is 13.6. The molecule has 4 nitrogen and oxygen atoms in total. The minimum absolute atomic E-state index is 0.0569. The number of halogens is 4. The van der Waals surface area contributed by atoms with Crippen molar-refractivity contribution in [2.24, 2.45) is 5.92 Å². The molecular weight excluding hydrogens is 452 g/mol. The molecule has 0 N–H and O–H groups in total. The van der Waals surface area contributed by atoms with Crippen molar-refractivity contribution in [3.63, 3.8) is 0 Å². The molecule has 1 spiro atoms. The number of alkyl halides is 3. The van der Waals surface area contributed by atoms with Gasteiger partial charge in [-0.2, -0.15) is 13.2 Å². The first-order valence-corrected chi connectivity index (χ1v) is 11.1. The molecule has 182 valence electrons. The van der Waals surface area contributed by atoms with Crippen LogP contribution in [0.15, 0.2) is 48.5 Å². The molecule has 2 aromatic rings. The third-order valence-electron chi connectivity index (χ3n) is 6.44. The average molecular weight is 478 g/mol. The molecule has 0 aromatic heterocycles. The molecule has 0 saturated heterocycles. The van der Waals surface area contributed by atoms with E-state index in [2.05, 4.69) is 0 Å². The molecule has 1 aliphatic carbocycles. The lowest BCUT2D eigenvalue weighted by atomic mass is 9.79. The van der Waals surface area contributed by atoms with E-state index in [1.807, 2.05) is 6.08 Å². The summed E-state index contributed by atoms with van der Waals surface area (Å²) in [6, 6.07) is 9.25. The van der Waals surface area contributed by atoms with Crippen molar-refractivity contribution in [1.82, 2.24) is 0 Å². The number of benzene rings is 2. The number of rotatable bonds is 5. The van der Waals surface area contributed by atoms with E-state index in [1.54, 1.807) is 26.0 Å². The van der Waals surface area contributed by atoms with E-state index < -0.39 is 41.0 Å². The Kier molecular flexibility index (Phi) is 6.46. The number of hydrogen-bond acceptors (Lipinski definition) is 4. The van der Waals surface area contributed by atoms with Crippen molar-refractivity contribution < 1.29 is 36.6 Å². The highest BCUT2D eigenvalue weighted by Crippen LogP contribution is 2.54. The Bertz CT molecular complexity index is 1090. The van der Waals surface area contributed by atoms with Crippen LogP contribution in [0.2, 0.25) is 0 Å². The molecule has 0 unspecified atom stereocenters. The summed E-state index contributed by atoms with van der Waals surface area (Å²) in [5.41, 5.74) is -0.155. The van der Waals surface area contributed by atoms with Crippen LogP contribution in [0.4, 0.5) is 17.6 Å². The summed E-state index contributed by atoms with van der Waals surface area (Å²) in [4.78, 5) is 12.6. The molecule has 34 heavy (non-hydrogen) atoms. The molecule has 0 amide bonds. The van der Waals surface area contributed by atoms with Crippen molar-refractivity contribution in [3.8, 4) is 5.75 Å². The number of methoxy groups -OCH3 is 1. The molecule has 4 rings (SSSR count). The van der Waals surface area contributed by atoms with Gasteiger partial charge in [-0.15, -0.1) is 0 Å². The lowest BCUT2D eigenvalue weighted by molar-refractivity contribution is -0.146. The summed E-state index contributed by atoms with van der Waals surface area (Å²) in [5.74, 6) is -1.49. The smallest absolute Gasteiger partial charge is 0.416 e. The van der Waals surface area contributed by atoms with E-state index >= 15 is 0 Å². The van der Waals surface area contributed by atoms with Crippen LogP contribution in [0.3, 0.4) is 0 Å². The van der Waals surface area contributed by atoms with Gasteiger partial charge in [-0.05, 0) is 74.2 Å². The number of carbonyl (C=O) groups excluding carboxylic acids is 1. The van der Waals surface area contributed by atoms with Gasteiger partial charge in [-0.3, -0.25) is 4.79 Å². The summed E-state index contributed by atoms with van der Waals surface area (Å²) >= 11 is 0. The van der Waals surface area contributed by atoms with Gasteiger partial charge in [0, 0.05) is 11.5 Å². The highest BCUT2D eigenvalue weighted by atomic mass is 19.4. The van der Waals surface area contributed by atoms with Gasteiger partial charge in [-0.1, -0.05) is 12.1 Å². The normalized spacial score (nSPS) is 24.5. The summed E-state index contributed by atoms with van der Waals surface area (Å²) in [7, 11) is 1.31. The van der Waals surface area contributed by atoms with Gasteiger partial charge >= 0.3 is 12.1 Å². The molecule has 1 aliphatic heterocycles. The quantitative estimate of drug-likeness (QED) is 0.382. The van der Waals surface area contributed by atoms with Gasteiger partial charge in [0.2, 0.25) is 0 Å². The Hall–Kier alpha value is -2.87. The third-order valence-corrected chi connectivity index (χ3v) is 6.44. The van der Waals surface area contributed by atoms with Crippen molar-refractivity contribution in [2.75, 3.05) is 13.7 Å². The second-order valence-corrected chi connectivity index (χ2v) is 8.99. The Morgan fingerprint density at radius 1 is 1.15 bits per heavy atom. The minimum Gasteiger partial charge on any atom is -0.490 e. The van der Waals surface area contributed by atoms with Crippen LogP contribution in [0, 0.1) is 11.7 Å². The van der Waals surface area contributed by atoms with Gasteiger partial charge in [0.1, 0.15) is 11.6 Å². The van der Waals surface area contributed by atoms with Gasteiger partial charge in [-0.25, -0.2) is 4.39 Å². The van der Waals surface area contributed by atoms with Crippen molar-refractivity contribution >= 4 is 11.5 Å². The maximum atomic E-state index is 13.6. The molecule has 0 radical (unpaired) electrons. The van der Waals surface area contributed by atoms with Gasteiger partial charge in [0.25, 0.3) is 0 Å². The Labute approximate surface area is 195 Å². The Balaban J connectivity index is 1.80. The number of ether oxygens (including phenoxy) is 3. The van der Waals surface area contributed by atoms with Gasteiger partial charge in [0.15, 0.2) is 0 Å². The van der Waals surface area contributed by atoms with Crippen LogP contribution in [0.1, 0.15) is 49.3 Å². The average Bonchev–Trinajstić information content (AvgIpc) is 3.37. The molecule has 8 heteroatoms. The third kappa shape index (κ3) is 4.56. The van der Waals surface area contributed by atoms with E-state index in [1.165, 1.54) is 25.3 Å². The Morgan fingerprint density at radius 3 is 2.47 bits per heavy atom. The summed E-state index contributed by atoms with van der Waals surface area (Å²) in [6.07, 6.45) is -2.00. The molecule has 1 saturated carbocycles. The van der Waals surface area contributed by atoms with Crippen LogP contribution < -0.4 is 4.74 Å². The largest absolute Gasteiger partial charge is 0.490 e. The second kappa shape index (κ2) is 9.06. The van der Waals surface area contributed by atoms with Crippen molar-refractivity contribution in [3.05, 3.63) is 71.0 Å². The Morgan fingerprint density at radius 2 is 1.85 bits per heavy atom. The fourth-order valence-electron chi connectivity index (χ4n) is 5.02. The standard InChI is InChI=1S/C26H26F4O4/c1-15(2)34-22-9-6-18(26(28,29)30)12-21(22)17-13-25(33-14-17)11-10-20(24(31)32-3)23(25)16-4-7-19(27)8-5-16/h4-9,12-13,15,20,23H,10-11,14H2,1-3H3/t20-,23+,25+/m0/s1. The molecule has 0 bridgehead atoms. The summed E-state index contributed by atoms with van der Waals surface area (Å²) in [6.45, 7) is 3.65. The van der Waals surface area contributed by atoms with Crippen LogP contribution in [0.25, 0.3) is 5.57 Å². The minimum atomic E-state index is -4.51. The topological polar surface area (TPSA) is 44.8 Å². The van der Waals surface area contributed by atoms with Gasteiger partial charge < -0.3 is 14.2 Å². The number of hydrogen-bond donors (Lipinski definition) is 0. The molecular formula is C26H26F4O4. The highest BCUT2D eigenvalue weighted by Gasteiger charge is 2.54. The van der Waals surface area contributed by atoms with E-state index in [0.29, 0.717) is 35.3 Å². The van der Waals surface area contributed by atoms with Crippen molar-refractivity contribution in [1.29, 1.82) is 0 Å². The van der Waals surface area contributed by atoms with Crippen LogP contribution in [-0.4, -0.2) is 31.4 Å². The lowest BCUT2D eigenvalue weighted by Gasteiger charge is -2.31. The SMILES string of the molecule is COC(=O)[C@H]1CC[C@@]2(C=C(c3cc(C(F)(F)F)ccc3OC(C)C)CO2)[C@@H]1c1ccc(F)cc1. The highest BCUT2D eigenvalue weighted by molar-refractivity contribution is 5.78. The van der Waals surface area contributed by atoms with Crippen LogP contribution >= 0.6 is 0 Å². The van der Waals surface area contributed by atoms with Crippen LogP contribution in [0.5, 0.6) is 5.75 Å². The zero-order chi connectivity index (χ0) is 24.7. The number of carbonyl (C=O) groups is 1. The monoisotopic (exact) mass is 478 g/mol. The predicted molar refractivity (Wildman–Crippen MR) is 118 cm³/mol. The predicted octanol–water partition coefficient (Wildman–Crippen LogP) is 6.15. The zero-order valence-electron chi connectivity index (χ0n) is 19.1. The van der Waals surface area contributed by atoms with E-state index in [9.17, 15) is 22.4 Å². The number of esters is 1. The zero-order valence-corrected chi connectivity index (χ0v) is 19.1. The van der Waals surface area contributed by atoms with E-state index in [0.717, 1.165) is 12.1 Å². The molecule has 3 atom stereocenters. The first-order valence-electron chi connectivity index (χ1n) is 11.1. The van der Waals surface area contributed by atoms with E-state index in [-0.39, 0.29) is 12.7 Å². The van der Waals surface area contributed by atoms with E-state index in [4.69, 9.17) is 14.2 Å². The summed E-state index contributed by atoms with van der Waals surface area (Å²) in [5, 5.41) is 0. The fourth-order valence-corrected chi connectivity index (χ4v) is 5.02. The summed E-state index contributed by atoms with van der Waals surface area (Å²) < 4.78 is 71.0. The molecule has 1 fully saturated rings. The lowest BCUT2D eigenvalue weighted by Crippen LogP contribution is -2.34. The second-order valence-electron chi connectivity index (χ2n) is 8.99. The van der Waals surface area contributed by atoms with Crippen LogP contribution in [-0.2, 0) is 20.4 Å². The molecule has 1 heterocycles. The fraction of sp³-hybridized carbons (Fsp3) is 0.423. The molecule has 2 aliphatic rings. The van der Waals surface area contributed by atoms with Crippen molar-refractivity contribution in [2.45, 2.75) is 50.5 Å². The first-order chi connectivity index (χ1) is 16.0.